The highest BCUT2D eigenvalue weighted by Gasteiger charge is 2.11. The lowest BCUT2D eigenvalue weighted by Gasteiger charge is -2.09. The molecule has 3 aromatic rings. The summed E-state index contributed by atoms with van der Waals surface area (Å²) in [5.41, 5.74) is 3.70. The van der Waals surface area contributed by atoms with E-state index in [1.807, 2.05) is 29.5 Å². The molecule has 0 aliphatic carbocycles. The highest BCUT2D eigenvalue weighted by atomic mass is 16.5. The van der Waals surface area contributed by atoms with Gasteiger partial charge in [-0.3, -0.25) is 9.59 Å². The Morgan fingerprint density at radius 1 is 1.26 bits per heavy atom. The van der Waals surface area contributed by atoms with Gasteiger partial charge in [0.25, 0.3) is 5.56 Å². The number of carboxylic acids is 1. The number of carbonyl (C=O) groups is 1. The monoisotopic (exact) mass is 314 g/mol. The number of fused-ring (bicyclic) bond motifs is 3. The zero-order valence-corrected chi connectivity index (χ0v) is 12.8. The van der Waals surface area contributed by atoms with Crippen LogP contribution in [0.1, 0.15) is 24.6 Å². The number of aliphatic carboxylic acids is 1. The van der Waals surface area contributed by atoms with Crippen LogP contribution in [0.3, 0.4) is 0 Å². The number of aromatic amines is 1. The average Bonchev–Trinajstić information content (AvgIpc) is 2.95. The van der Waals surface area contributed by atoms with Gasteiger partial charge < -0.3 is 19.2 Å². The topological polar surface area (TPSA) is 83.8 Å². The molecule has 0 bridgehead atoms. The van der Waals surface area contributed by atoms with Gasteiger partial charge in [-0.05, 0) is 43.2 Å². The molecule has 0 radical (unpaired) electrons. The second-order valence-electron chi connectivity index (χ2n) is 5.38. The van der Waals surface area contributed by atoms with Gasteiger partial charge in [0.15, 0.2) is 0 Å². The van der Waals surface area contributed by atoms with Crippen molar-refractivity contribution < 1.29 is 14.6 Å². The molecule has 23 heavy (non-hydrogen) atoms. The number of carboxylic acid groups (broad SMARTS) is 1. The van der Waals surface area contributed by atoms with E-state index in [-0.39, 0.29) is 12.0 Å². The molecule has 0 amide bonds. The first-order valence-corrected chi connectivity index (χ1v) is 7.55. The fourth-order valence-electron chi connectivity index (χ4n) is 2.75. The van der Waals surface area contributed by atoms with E-state index < -0.39 is 5.97 Å². The molecule has 2 aromatic heterocycles. The number of benzene rings is 1. The van der Waals surface area contributed by atoms with Crippen LogP contribution < -0.4 is 5.56 Å². The normalized spacial score (nSPS) is 11.3. The van der Waals surface area contributed by atoms with Crippen LogP contribution in [0.5, 0.6) is 0 Å². The molecule has 0 unspecified atom stereocenters. The molecule has 6 nitrogen and oxygen atoms in total. The van der Waals surface area contributed by atoms with Crippen LogP contribution in [-0.4, -0.2) is 27.1 Å². The number of rotatable bonds is 6. The number of hydrogen-bond donors (Lipinski definition) is 2. The largest absolute Gasteiger partial charge is 0.481 e. The molecule has 0 saturated carbocycles. The van der Waals surface area contributed by atoms with Crippen LogP contribution in [0.2, 0.25) is 0 Å². The molecule has 0 fully saturated rings. The summed E-state index contributed by atoms with van der Waals surface area (Å²) in [5.74, 6) is -0.854. The summed E-state index contributed by atoms with van der Waals surface area (Å²) < 4.78 is 7.23. The molecular weight excluding hydrogens is 296 g/mol. The highest BCUT2D eigenvalue weighted by Crippen LogP contribution is 2.19. The van der Waals surface area contributed by atoms with Crippen LogP contribution >= 0.6 is 0 Å². The van der Waals surface area contributed by atoms with Crippen LogP contribution in [0, 0.1) is 0 Å². The van der Waals surface area contributed by atoms with Gasteiger partial charge in [-0.2, -0.15) is 0 Å². The minimum absolute atomic E-state index is 0.0306. The lowest BCUT2D eigenvalue weighted by atomic mass is 10.2. The van der Waals surface area contributed by atoms with Crippen molar-refractivity contribution in [2.45, 2.75) is 26.4 Å². The number of aryl methyl sites for hydroxylation is 1. The zero-order chi connectivity index (χ0) is 16.4. The Bertz CT molecular complexity index is 923. The van der Waals surface area contributed by atoms with E-state index in [9.17, 15) is 9.59 Å². The van der Waals surface area contributed by atoms with Gasteiger partial charge in [0.1, 0.15) is 5.52 Å². The van der Waals surface area contributed by atoms with E-state index in [0.29, 0.717) is 30.7 Å². The Labute approximate surface area is 132 Å². The summed E-state index contributed by atoms with van der Waals surface area (Å²) in [6, 6.07) is 9.31. The van der Waals surface area contributed by atoms with E-state index in [1.165, 1.54) is 0 Å². The number of H-pyrrole nitrogens is 1. The standard InChI is InChI=1S/C17H18N2O4/c1-2-23-10-11-3-6-14-13(9-11)18-17(22)15-7-4-12(19(14)15)5-8-16(20)21/h3-4,6-7,9H,2,5,8,10H2,1H3,(H,18,22)(H,20,21). The predicted octanol–water partition coefficient (Wildman–Crippen LogP) is 2.33. The molecule has 120 valence electrons. The van der Waals surface area contributed by atoms with Gasteiger partial charge in [-0.25, -0.2) is 0 Å². The maximum absolute atomic E-state index is 12.2. The Hall–Kier alpha value is -2.60. The molecule has 0 spiro atoms. The number of nitrogens with one attached hydrogen (secondary N) is 1. The van der Waals surface area contributed by atoms with Crippen LogP contribution in [-0.2, 0) is 22.6 Å². The third-order valence-electron chi connectivity index (χ3n) is 3.81. The zero-order valence-electron chi connectivity index (χ0n) is 12.8. The number of ether oxygens (including phenoxy) is 1. The number of aromatic nitrogens is 2. The molecule has 6 heteroatoms. The van der Waals surface area contributed by atoms with Crippen LogP contribution in [0.4, 0.5) is 0 Å². The van der Waals surface area contributed by atoms with Gasteiger partial charge in [0.05, 0.1) is 24.1 Å². The first kappa shape index (κ1) is 15.3. The molecular formula is C17H18N2O4. The van der Waals surface area contributed by atoms with E-state index >= 15 is 0 Å². The van der Waals surface area contributed by atoms with Crippen molar-refractivity contribution in [1.29, 1.82) is 0 Å². The van der Waals surface area contributed by atoms with Gasteiger partial charge in [0.2, 0.25) is 0 Å². The molecule has 2 heterocycles. The van der Waals surface area contributed by atoms with Gasteiger partial charge in [-0.15, -0.1) is 0 Å². The lowest BCUT2D eigenvalue weighted by Crippen LogP contribution is -2.12. The quantitative estimate of drug-likeness (QED) is 0.731. The van der Waals surface area contributed by atoms with E-state index in [4.69, 9.17) is 9.84 Å². The number of hydrogen-bond acceptors (Lipinski definition) is 3. The first-order chi connectivity index (χ1) is 11.1. The summed E-state index contributed by atoms with van der Waals surface area (Å²) in [6.45, 7) is 3.05. The van der Waals surface area contributed by atoms with E-state index in [2.05, 4.69) is 4.98 Å². The highest BCUT2D eigenvalue weighted by molar-refractivity contribution is 5.79. The van der Waals surface area contributed by atoms with Crippen molar-refractivity contribution >= 4 is 22.5 Å². The van der Waals surface area contributed by atoms with Crippen LogP contribution in [0.25, 0.3) is 16.6 Å². The van der Waals surface area contributed by atoms with Crippen molar-refractivity contribution in [3.63, 3.8) is 0 Å². The van der Waals surface area contributed by atoms with Crippen molar-refractivity contribution in [3.05, 3.63) is 51.9 Å². The molecule has 0 aliphatic heterocycles. The van der Waals surface area contributed by atoms with Crippen molar-refractivity contribution in [3.8, 4) is 0 Å². The third kappa shape index (κ3) is 2.98. The minimum atomic E-state index is -0.854. The van der Waals surface area contributed by atoms with E-state index in [0.717, 1.165) is 16.8 Å². The maximum Gasteiger partial charge on any atom is 0.303 e. The second-order valence-corrected chi connectivity index (χ2v) is 5.38. The molecule has 3 rings (SSSR count). The Morgan fingerprint density at radius 3 is 2.78 bits per heavy atom. The Morgan fingerprint density at radius 2 is 2.04 bits per heavy atom. The molecule has 2 N–H and O–H groups in total. The molecule has 0 saturated heterocycles. The first-order valence-electron chi connectivity index (χ1n) is 7.55. The minimum Gasteiger partial charge on any atom is -0.481 e. The third-order valence-corrected chi connectivity index (χ3v) is 3.81. The van der Waals surface area contributed by atoms with Crippen molar-refractivity contribution in [1.82, 2.24) is 9.38 Å². The van der Waals surface area contributed by atoms with Crippen molar-refractivity contribution in [2.24, 2.45) is 0 Å². The van der Waals surface area contributed by atoms with Crippen LogP contribution in [0.15, 0.2) is 35.1 Å². The summed E-state index contributed by atoms with van der Waals surface area (Å²) >= 11 is 0. The molecule has 0 atom stereocenters. The summed E-state index contributed by atoms with van der Waals surface area (Å²) in [6.07, 6.45) is 0.408. The fraction of sp³-hybridized carbons (Fsp3) is 0.294. The molecule has 1 aromatic carbocycles. The predicted molar refractivity (Wildman–Crippen MR) is 86.8 cm³/mol. The molecule has 0 aliphatic rings. The average molecular weight is 314 g/mol. The van der Waals surface area contributed by atoms with Crippen molar-refractivity contribution in [2.75, 3.05) is 6.61 Å². The fourth-order valence-corrected chi connectivity index (χ4v) is 2.75. The maximum atomic E-state index is 12.2. The van der Waals surface area contributed by atoms with E-state index in [1.54, 1.807) is 12.1 Å². The lowest BCUT2D eigenvalue weighted by molar-refractivity contribution is -0.136. The summed E-state index contributed by atoms with van der Waals surface area (Å²) in [5, 5.41) is 8.88. The SMILES string of the molecule is CCOCc1ccc2c(c1)[nH]c(=O)c1ccc(CCC(=O)O)n12. The second kappa shape index (κ2) is 6.26. The van der Waals surface area contributed by atoms with Gasteiger partial charge in [0, 0.05) is 12.3 Å². The van der Waals surface area contributed by atoms with Gasteiger partial charge in [-0.1, -0.05) is 6.07 Å². The summed E-state index contributed by atoms with van der Waals surface area (Å²) in [4.78, 5) is 25.9. The Kier molecular flexibility index (Phi) is 4.16. The number of nitrogens with zero attached hydrogens (tertiary/aromatic N) is 1. The smallest absolute Gasteiger partial charge is 0.303 e. The summed E-state index contributed by atoms with van der Waals surface area (Å²) in [7, 11) is 0. The van der Waals surface area contributed by atoms with Gasteiger partial charge >= 0.3 is 5.97 Å². The Balaban J connectivity index is 2.14.